The molecule has 19 heavy (non-hydrogen) atoms. The molecule has 0 amide bonds. The van der Waals surface area contributed by atoms with Gasteiger partial charge < -0.3 is 5.73 Å². The monoisotopic (exact) mass is 322 g/mol. The molecular formula is C16H23BrN2. The Morgan fingerprint density at radius 2 is 2.16 bits per heavy atom. The van der Waals surface area contributed by atoms with E-state index in [1.807, 2.05) is 0 Å². The molecule has 1 aromatic carbocycles. The predicted octanol–water partition coefficient (Wildman–Crippen LogP) is 3.50. The third-order valence-electron chi connectivity index (χ3n) is 4.91. The lowest BCUT2D eigenvalue weighted by molar-refractivity contribution is 0.0738. The summed E-state index contributed by atoms with van der Waals surface area (Å²) in [5.41, 5.74) is 8.97. The number of aryl methyl sites for hydroxylation is 1. The Balaban J connectivity index is 1.83. The van der Waals surface area contributed by atoms with Gasteiger partial charge in [0.15, 0.2) is 0 Å². The number of halogens is 1. The van der Waals surface area contributed by atoms with E-state index in [2.05, 4.69) is 46.0 Å². The third kappa shape index (κ3) is 2.61. The van der Waals surface area contributed by atoms with Crippen molar-refractivity contribution >= 4 is 15.9 Å². The fraction of sp³-hybridized carbons (Fsp3) is 0.625. The van der Waals surface area contributed by atoms with Gasteiger partial charge in [-0.1, -0.05) is 22.0 Å². The lowest BCUT2D eigenvalue weighted by atomic mass is 9.91. The summed E-state index contributed by atoms with van der Waals surface area (Å²) < 4.78 is 1.21. The van der Waals surface area contributed by atoms with Crippen molar-refractivity contribution in [2.75, 3.05) is 13.1 Å². The average molecular weight is 323 g/mol. The van der Waals surface area contributed by atoms with Crippen molar-refractivity contribution in [2.24, 2.45) is 11.7 Å². The minimum Gasteiger partial charge on any atom is -0.330 e. The molecule has 1 saturated heterocycles. The molecular weight excluding hydrogens is 300 g/mol. The van der Waals surface area contributed by atoms with E-state index < -0.39 is 0 Å². The van der Waals surface area contributed by atoms with Crippen molar-refractivity contribution < 1.29 is 0 Å². The first-order valence-electron chi connectivity index (χ1n) is 7.43. The van der Waals surface area contributed by atoms with E-state index in [1.165, 1.54) is 42.3 Å². The molecule has 1 aromatic rings. The Morgan fingerprint density at radius 3 is 2.95 bits per heavy atom. The van der Waals surface area contributed by atoms with Crippen LogP contribution in [0.3, 0.4) is 0 Å². The van der Waals surface area contributed by atoms with Crippen molar-refractivity contribution in [3.05, 3.63) is 33.8 Å². The highest BCUT2D eigenvalue weighted by Crippen LogP contribution is 2.40. The molecule has 0 aromatic heterocycles. The van der Waals surface area contributed by atoms with Crippen molar-refractivity contribution in [2.45, 2.75) is 44.7 Å². The van der Waals surface area contributed by atoms with Crippen LogP contribution in [0.25, 0.3) is 0 Å². The molecule has 3 heteroatoms. The molecule has 1 heterocycles. The molecule has 2 N–H and O–H groups in total. The summed E-state index contributed by atoms with van der Waals surface area (Å²) in [5, 5.41) is 0. The zero-order valence-electron chi connectivity index (χ0n) is 11.6. The first-order valence-corrected chi connectivity index (χ1v) is 8.22. The van der Waals surface area contributed by atoms with Crippen LogP contribution in [0.4, 0.5) is 0 Å². The lowest BCUT2D eigenvalue weighted by Crippen LogP contribution is -2.45. The standard InChI is InChI=1S/C16H23BrN2/c1-11-2-3-12(9-18)10-19(11)16-7-4-13-8-14(17)5-6-15(13)16/h5-6,8,11-12,16H,2-4,7,9-10,18H2,1H3. The quantitative estimate of drug-likeness (QED) is 0.903. The Bertz CT molecular complexity index is 460. The van der Waals surface area contributed by atoms with Gasteiger partial charge >= 0.3 is 0 Å². The molecule has 1 fully saturated rings. The second-order valence-electron chi connectivity index (χ2n) is 6.12. The summed E-state index contributed by atoms with van der Waals surface area (Å²) >= 11 is 3.58. The number of nitrogens with zero attached hydrogens (tertiary/aromatic N) is 1. The Hall–Kier alpha value is -0.380. The van der Waals surface area contributed by atoms with Crippen LogP contribution in [-0.2, 0) is 6.42 Å². The lowest BCUT2D eigenvalue weighted by Gasteiger charge is -2.41. The first-order chi connectivity index (χ1) is 9.19. The SMILES string of the molecule is CC1CCC(CN)CN1C1CCc2cc(Br)ccc21. The van der Waals surface area contributed by atoms with Crippen molar-refractivity contribution in [1.29, 1.82) is 0 Å². The summed E-state index contributed by atoms with van der Waals surface area (Å²) in [7, 11) is 0. The topological polar surface area (TPSA) is 29.3 Å². The number of benzene rings is 1. The Labute approximate surface area is 124 Å². The van der Waals surface area contributed by atoms with E-state index in [9.17, 15) is 0 Å². The Morgan fingerprint density at radius 1 is 1.32 bits per heavy atom. The number of likely N-dealkylation sites (tertiary alicyclic amines) is 1. The van der Waals surface area contributed by atoms with Gasteiger partial charge in [0.2, 0.25) is 0 Å². The van der Waals surface area contributed by atoms with Crippen LogP contribution >= 0.6 is 15.9 Å². The molecule has 1 aliphatic heterocycles. The molecule has 1 aliphatic carbocycles. The highest BCUT2D eigenvalue weighted by atomic mass is 79.9. The van der Waals surface area contributed by atoms with E-state index in [0.29, 0.717) is 18.0 Å². The Kier molecular flexibility index (Phi) is 3.97. The maximum atomic E-state index is 5.89. The molecule has 3 unspecified atom stereocenters. The minimum absolute atomic E-state index is 0.618. The first kappa shape index (κ1) is 13.6. The highest BCUT2D eigenvalue weighted by molar-refractivity contribution is 9.10. The molecule has 2 aliphatic rings. The van der Waals surface area contributed by atoms with Gasteiger partial charge in [-0.15, -0.1) is 0 Å². The van der Waals surface area contributed by atoms with E-state index in [-0.39, 0.29) is 0 Å². The number of hydrogen-bond donors (Lipinski definition) is 1. The summed E-state index contributed by atoms with van der Waals surface area (Å²) in [4.78, 5) is 2.71. The van der Waals surface area contributed by atoms with Crippen LogP contribution in [0.15, 0.2) is 22.7 Å². The van der Waals surface area contributed by atoms with E-state index in [1.54, 1.807) is 5.56 Å². The maximum Gasteiger partial charge on any atom is 0.0356 e. The van der Waals surface area contributed by atoms with Crippen LogP contribution in [0, 0.1) is 5.92 Å². The van der Waals surface area contributed by atoms with Gasteiger partial charge in [0.25, 0.3) is 0 Å². The van der Waals surface area contributed by atoms with Crippen molar-refractivity contribution in [1.82, 2.24) is 4.90 Å². The minimum atomic E-state index is 0.618. The summed E-state index contributed by atoms with van der Waals surface area (Å²) in [6.07, 6.45) is 5.08. The summed E-state index contributed by atoms with van der Waals surface area (Å²) in [6, 6.07) is 8.11. The van der Waals surface area contributed by atoms with E-state index >= 15 is 0 Å². The van der Waals surface area contributed by atoms with Gasteiger partial charge in [-0.3, -0.25) is 4.90 Å². The molecule has 0 spiro atoms. The molecule has 0 radical (unpaired) electrons. The molecule has 0 saturated carbocycles. The van der Waals surface area contributed by atoms with Crippen molar-refractivity contribution in [3.63, 3.8) is 0 Å². The molecule has 0 bridgehead atoms. The van der Waals surface area contributed by atoms with Crippen LogP contribution in [0.1, 0.15) is 43.4 Å². The normalized spacial score (nSPS) is 31.4. The number of hydrogen-bond acceptors (Lipinski definition) is 2. The molecule has 2 nitrogen and oxygen atoms in total. The highest BCUT2D eigenvalue weighted by Gasteiger charge is 2.34. The van der Waals surface area contributed by atoms with Crippen LogP contribution in [0.5, 0.6) is 0 Å². The number of nitrogens with two attached hydrogens (primary N) is 1. The molecule has 3 rings (SSSR count). The number of piperidine rings is 1. The second kappa shape index (κ2) is 5.55. The van der Waals surface area contributed by atoms with Gasteiger partial charge in [-0.2, -0.15) is 0 Å². The van der Waals surface area contributed by atoms with Crippen molar-refractivity contribution in [3.8, 4) is 0 Å². The van der Waals surface area contributed by atoms with E-state index in [4.69, 9.17) is 5.73 Å². The maximum absolute atomic E-state index is 5.89. The zero-order valence-corrected chi connectivity index (χ0v) is 13.2. The summed E-state index contributed by atoms with van der Waals surface area (Å²) in [6.45, 7) is 4.39. The number of rotatable bonds is 2. The van der Waals surface area contributed by atoms with Gasteiger partial charge in [0, 0.05) is 23.1 Å². The van der Waals surface area contributed by atoms with Crippen LogP contribution < -0.4 is 5.73 Å². The third-order valence-corrected chi connectivity index (χ3v) is 5.41. The average Bonchev–Trinajstić information content (AvgIpc) is 2.82. The van der Waals surface area contributed by atoms with Gasteiger partial charge in [0.1, 0.15) is 0 Å². The van der Waals surface area contributed by atoms with Gasteiger partial charge in [0.05, 0.1) is 0 Å². The van der Waals surface area contributed by atoms with Crippen LogP contribution in [0.2, 0.25) is 0 Å². The largest absolute Gasteiger partial charge is 0.330 e. The second-order valence-corrected chi connectivity index (χ2v) is 7.04. The van der Waals surface area contributed by atoms with E-state index in [0.717, 1.165) is 6.54 Å². The molecule has 104 valence electrons. The fourth-order valence-corrected chi connectivity index (χ4v) is 4.16. The summed E-state index contributed by atoms with van der Waals surface area (Å²) in [5.74, 6) is 0.690. The smallest absolute Gasteiger partial charge is 0.0356 e. The van der Waals surface area contributed by atoms with Gasteiger partial charge in [-0.05, 0) is 68.3 Å². The van der Waals surface area contributed by atoms with Crippen LogP contribution in [-0.4, -0.2) is 24.0 Å². The predicted molar refractivity (Wildman–Crippen MR) is 83.2 cm³/mol. The number of fused-ring (bicyclic) bond motifs is 1. The fourth-order valence-electron chi connectivity index (χ4n) is 3.75. The zero-order chi connectivity index (χ0) is 13.4. The molecule has 3 atom stereocenters. The van der Waals surface area contributed by atoms with Gasteiger partial charge in [-0.25, -0.2) is 0 Å².